The number of hydrogen-bond acceptors (Lipinski definition) is 8. The molecule has 1 unspecified atom stereocenters. The summed E-state index contributed by atoms with van der Waals surface area (Å²) in [5, 5.41) is 7.75. The van der Waals surface area contributed by atoms with Crippen molar-refractivity contribution in [1.29, 1.82) is 0 Å². The molecule has 1 atom stereocenters. The van der Waals surface area contributed by atoms with Gasteiger partial charge in [-0.25, -0.2) is 15.0 Å². The standard InChI is InChI=1S/C47H50Cl2N10O3/c1-26-18-32(19-27(2)43(26)49)62-17-9-10-33-34-12-13-36(48)42(41-29(4)51-39(52-30(41)5)23-57-16-15-54(6)40(60)24-57)44(34)59-28(3)21-58(47(61)45(33)59)38-22-55(7)37-14-11-31(20-35(37)38)46-50-25-56(8)53-46/h11-14,18-20,22,25,28H,9-10,15-17,21,23-24H2,1-8H3. The van der Waals surface area contributed by atoms with Crippen molar-refractivity contribution in [3.8, 4) is 28.3 Å². The molecule has 7 aromatic rings. The second kappa shape index (κ2) is 16.2. The second-order valence-electron chi connectivity index (χ2n) is 16.9. The summed E-state index contributed by atoms with van der Waals surface area (Å²) in [5.41, 5.74) is 10.3. The highest BCUT2D eigenvalue weighted by Gasteiger charge is 2.38. The number of hydrogen-bond donors (Lipinski definition) is 0. The second-order valence-corrected chi connectivity index (χ2v) is 17.7. The SMILES string of the molecule is Cc1cc(OCCCc2c3n(c4c(-c5c(C)nc(CN6CCN(C)C(=O)C6)nc5C)c(Cl)ccc24)C(C)CN(c2cn(C)c4ccc(-c5ncn(C)n5)cc24)C3=O)cc(C)c1Cl. The zero-order chi connectivity index (χ0) is 43.7. The van der Waals surface area contributed by atoms with Crippen LogP contribution >= 0.6 is 23.2 Å². The highest BCUT2D eigenvalue weighted by atomic mass is 35.5. The van der Waals surface area contributed by atoms with Crippen LogP contribution in [0.15, 0.2) is 55.0 Å². The molecule has 0 bridgehead atoms. The van der Waals surface area contributed by atoms with Crippen LogP contribution < -0.4 is 9.64 Å². The minimum atomic E-state index is -0.140. The molecule has 320 valence electrons. The lowest BCUT2D eigenvalue weighted by Gasteiger charge is -2.34. The zero-order valence-corrected chi connectivity index (χ0v) is 37.9. The van der Waals surface area contributed by atoms with Gasteiger partial charge in [-0.1, -0.05) is 29.3 Å². The van der Waals surface area contributed by atoms with E-state index >= 15 is 4.79 Å². The van der Waals surface area contributed by atoms with Gasteiger partial charge in [0.1, 0.15) is 23.6 Å². The highest BCUT2D eigenvalue weighted by Crippen LogP contribution is 2.46. The first-order valence-corrected chi connectivity index (χ1v) is 21.8. The van der Waals surface area contributed by atoms with E-state index in [2.05, 4.69) is 43.2 Å². The quantitative estimate of drug-likeness (QED) is 0.126. The minimum Gasteiger partial charge on any atom is -0.494 e. The third-order valence-corrected chi connectivity index (χ3v) is 13.3. The van der Waals surface area contributed by atoms with Crippen LogP contribution in [0, 0.1) is 27.7 Å². The summed E-state index contributed by atoms with van der Waals surface area (Å²) in [6, 6.07) is 13.9. The largest absolute Gasteiger partial charge is 0.494 e. The Labute approximate surface area is 370 Å². The van der Waals surface area contributed by atoms with Gasteiger partial charge in [0.2, 0.25) is 5.91 Å². The van der Waals surface area contributed by atoms with E-state index in [9.17, 15) is 4.79 Å². The monoisotopic (exact) mass is 872 g/mol. The predicted octanol–water partition coefficient (Wildman–Crippen LogP) is 8.43. The van der Waals surface area contributed by atoms with Crippen molar-refractivity contribution in [3.05, 3.63) is 105 Å². The molecule has 2 amide bonds. The van der Waals surface area contributed by atoms with Crippen molar-refractivity contribution >= 4 is 62.5 Å². The van der Waals surface area contributed by atoms with Gasteiger partial charge >= 0.3 is 0 Å². The van der Waals surface area contributed by atoms with Crippen LogP contribution in [0.4, 0.5) is 5.69 Å². The smallest absolute Gasteiger partial charge is 0.275 e. The first kappa shape index (κ1) is 41.6. The Morgan fingerprint density at radius 3 is 2.32 bits per heavy atom. The number of benzene rings is 3. The summed E-state index contributed by atoms with van der Waals surface area (Å²) in [5.74, 6) is 2.05. The lowest BCUT2D eigenvalue weighted by atomic mass is 9.97. The van der Waals surface area contributed by atoms with Gasteiger partial charge in [-0.15, -0.1) is 0 Å². The number of anilines is 1. The fraction of sp³-hybridized carbons (Fsp3) is 0.362. The van der Waals surface area contributed by atoms with Gasteiger partial charge in [-0.3, -0.25) is 19.2 Å². The fourth-order valence-corrected chi connectivity index (χ4v) is 9.72. The summed E-state index contributed by atoms with van der Waals surface area (Å²) >= 11 is 13.7. The van der Waals surface area contributed by atoms with Crippen molar-refractivity contribution in [2.45, 2.75) is 60.0 Å². The van der Waals surface area contributed by atoms with Gasteiger partial charge in [-0.05, 0) is 101 Å². The molecule has 0 saturated carbocycles. The highest BCUT2D eigenvalue weighted by molar-refractivity contribution is 6.35. The molecular formula is C47H50Cl2N10O3. The van der Waals surface area contributed by atoms with Gasteiger partial charge in [0.15, 0.2) is 5.82 Å². The van der Waals surface area contributed by atoms with Crippen LogP contribution in [0.3, 0.4) is 0 Å². The van der Waals surface area contributed by atoms with E-state index in [1.165, 1.54) is 0 Å². The first-order valence-electron chi connectivity index (χ1n) is 21.0. The van der Waals surface area contributed by atoms with Crippen molar-refractivity contribution in [3.63, 3.8) is 0 Å². The van der Waals surface area contributed by atoms with E-state index in [1.54, 1.807) is 15.9 Å². The normalized spacial score (nSPS) is 16.0. The summed E-state index contributed by atoms with van der Waals surface area (Å²) in [6.07, 6.45) is 4.97. The average molecular weight is 874 g/mol. The molecule has 2 aliphatic rings. The number of amides is 2. The Kier molecular flexibility index (Phi) is 10.8. The number of ether oxygens (including phenoxy) is 1. The number of piperazine rings is 1. The number of aryl methyl sites for hydroxylation is 7. The molecule has 0 radical (unpaired) electrons. The molecule has 13 nitrogen and oxygen atoms in total. The van der Waals surface area contributed by atoms with Crippen molar-refractivity contribution < 1.29 is 14.3 Å². The Bertz CT molecular complexity index is 2900. The van der Waals surface area contributed by atoms with Crippen molar-refractivity contribution in [2.24, 2.45) is 14.1 Å². The maximum absolute atomic E-state index is 15.4. The van der Waals surface area contributed by atoms with E-state index in [0.29, 0.717) is 68.0 Å². The van der Waals surface area contributed by atoms with Gasteiger partial charge in [0, 0.05) is 102 Å². The molecular weight excluding hydrogens is 823 g/mol. The fourth-order valence-electron chi connectivity index (χ4n) is 9.36. The summed E-state index contributed by atoms with van der Waals surface area (Å²) in [4.78, 5) is 48.2. The number of fused-ring (bicyclic) bond motifs is 4. The number of aromatic nitrogens is 7. The van der Waals surface area contributed by atoms with E-state index in [-0.39, 0.29) is 17.9 Å². The molecule has 3 aromatic carbocycles. The van der Waals surface area contributed by atoms with Crippen LogP contribution in [-0.2, 0) is 31.9 Å². The summed E-state index contributed by atoms with van der Waals surface area (Å²) in [6.45, 7) is 13.2. The van der Waals surface area contributed by atoms with Crippen molar-refractivity contribution in [2.75, 3.05) is 44.7 Å². The molecule has 2 aliphatic heterocycles. The van der Waals surface area contributed by atoms with Crippen LogP contribution in [0.5, 0.6) is 5.75 Å². The van der Waals surface area contributed by atoms with Crippen LogP contribution in [-0.4, -0.2) is 95.3 Å². The Morgan fingerprint density at radius 2 is 1.63 bits per heavy atom. The summed E-state index contributed by atoms with van der Waals surface area (Å²) in [7, 11) is 5.69. The Balaban J connectivity index is 1.15. The van der Waals surface area contributed by atoms with Crippen LogP contribution in [0.25, 0.3) is 44.3 Å². The van der Waals surface area contributed by atoms with E-state index in [0.717, 1.165) is 89.6 Å². The predicted molar refractivity (Wildman–Crippen MR) is 244 cm³/mol. The molecule has 15 heteroatoms. The third kappa shape index (κ3) is 7.29. The van der Waals surface area contributed by atoms with Gasteiger partial charge in [0.05, 0.1) is 35.9 Å². The number of carbonyl (C=O) groups excluding carboxylic acids is 2. The maximum Gasteiger partial charge on any atom is 0.275 e. The number of likely N-dealkylation sites (N-methyl/N-ethyl adjacent to an activating group) is 1. The van der Waals surface area contributed by atoms with Gasteiger partial charge in [-0.2, -0.15) is 5.10 Å². The molecule has 6 heterocycles. The number of rotatable bonds is 10. The third-order valence-electron chi connectivity index (χ3n) is 12.4. The Hall–Kier alpha value is -5.76. The molecule has 9 rings (SSSR count). The van der Waals surface area contributed by atoms with E-state index in [4.69, 9.17) is 37.9 Å². The molecule has 0 spiro atoms. The van der Waals surface area contributed by atoms with E-state index in [1.807, 2.05) is 90.3 Å². The first-order chi connectivity index (χ1) is 29.7. The molecule has 4 aromatic heterocycles. The van der Waals surface area contributed by atoms with E-state index < -0.39 is 0 Å². The average Bonchev–Trinajstić information content (AvgIpc) is 3.92. The zero-order valence-electron chi connectivity index (χ0n) is 36.4. The van der Waals surface area contributed by atoms with Crippen molar-refractivity contribution in [1.82, 2.24) is 43.7 Å². The number of nitrogens with zero attached hydrogens (tertiary/aromatic N) is 10. The van der Waals surface area contributed by atoms with Crippen LogP contribution in [0.2, 0.25) is 10.0 Å². The number of carbonyl (C=O) groups is 2. The lowest BCUT2D eigenvalue weighted by Crippen LogP contribution is -2.48. The maximum atomic E-state index is 15.4. The molecule has 0 N–H and O–H groups in total. The molecule has 62 heavy (non-hydrogen) atoms. The minimum absolute atomic E-state index is 0.0862. The van der Waals surface area contributed by atoms with Gasteiger partial charge < -0.3 is 23.7 Å². The number of halogens is 2. The van der Waals surface area contributed by atoms with Crippen LogP contribution in [0.1, 0.15) is 63.8 Å². The molecule has 1 fully saturated rings. The Morgan fingerprint density at radius 1 is 0.887 bits per heavy atom. The molecule has 1 saturated heterocycles. The lowest BCUT2D eigenvalue weighted by molar-refractivity contribution is -0.134. The summed E-state index contributed by atoms with van der Waals surface area (Å²) < 4.78 is 12.3. The molecule has 0 aliphatic carbocycles. The van der Waals surface area contributed by atoms with Gasteiger partial charge in [0.25, 0.3) is 5.91 Å². The topological polar surface area (TPSA) is 119 Å².